The van der Waals surface area contributed by atoms with E-state index in [0.29, 0.717) is 17.1 Å². The molecular weight excluding hydrogens is 337 g/mol. The fourth-order valence-corrected chi connectivity index (χ4v) is 3.33. The summed E-state index contributed by atoms with van der Waals surface area (Å²) in [5.41, 5.74) is 1.36. The van der Waals surface area contributed by atoms with Gasteiger partial charge in [-0.1, -0.05) is 12.1 Å². The van der Waals surface area contributed by atoms with Crippen molar-refractivity contribution >= 4 is 33.4 Å². The van der Waals surface area contributed by atoms with Gasteiger partial charge in [0.1, 0.15) is 11.6 Å². The number of benzene rings is 2. The van der Waals surface area contributed by atoms with Crippen LogP contribution in [-0.4, -0.2) is 10.8 Å². The molecule has 0 aliphatic carbocycles. The first-order chi connectivity index (χ1) is 12.2. The van der Waals surface area contributed by atoms with Gasteiger partial charge in [0, 0.05) is 5.56 Å². The van der Waals surface area contributed by atoms with Gasteiger partial charge in [-0.3, -0.25) is 4.79 Å². The first-order valence-electron chi connectivity index (χ1n) is 7.63. The van der Waals surface area contributed by atoms with Crippen LogP contribution in [0.5, 0.6) is 0 Å². The lowest BCUT2D eigenvalue weighted by Gasteiger charge is -1.94. The van der Waals surface area contributed by atoms with Crippen LogP contribution < -0.4 is 0 Å². The zero-order valence-corrected chi connectivity index (χ0v) is 13.8. The van der Waals surface area contributed by atoms with Gasteiger partial charge in [-0.25, -0.2) is 9.37 Å². The van der Waals surface area contributed by atoms with Gasteiger partial charge in [-0.2, -0.15) is 0 Å². The van der Waals surface area contributed by atoms with Gasteiger partial charge in [0.25, 0.3) is 0 Å². The Hall–Kier alpha value is -3.05. The molecule has 4 aromatic rings. The number of carbonyl (C=O) groups excluding carboxylic acids is 1. The number of hydrogen-bond donors (Lipinski definition) is 0. The molecule has 0 unspecified atom stereocenters. The normalized spacial score (nSPS) is 11.4. The minimum Gasteiger partial charge on any atom is -0.454 e. The van der Waals surface area contributed by atoms with Crippen molar-refractivity contribution < 1.29 is 13.6 Å². The number of halogens is 1. The highest BCUT2D eigenvalue weighted by molar-refractivity contribution is 7.21. The number of aromatic nitrogens is 1. The molecule has 0 saturated heterocycles. The third kappa shape index (κ3) is 3.27. The second-order valence-electron chi connectivity index (χ2n) is 5.39. The topological polar surface area (TPSA) is 43.1 Å². The zero-order chi connectivity index (χ0) is 17.2. The van der Waals surface area contributed by atoms with Crippen molar-refractivity contribution in [2.24, 2.45) is 0 Å². The number of rotatable bonds is 4. The first kappa shape index (κ1) is 15.5. The van der Waals surface area contributed by atoms with Crippen molar-refractivity contribution in [3.8, 4) is 10.8 Å². The van der Waals surface area contributed by atoms with Gasteiger partial charge >= 0.3 is 0 Å². The number of nitrogens with zero attached hydrogens (tertiary/aromatic N) is 1. The van der Waals surface area contributed by atoms with Crippen molar-refractivity contribution in [2.75, 3.05) is 0 Å². The van der Waals surface area contributed by atoms with Crippen LogP contribution in [0, 0.1) is 5.82 Å². The highest BCUT2D eigenvalue weighted by atomic mass is 32.1. The monoisotopic (exact) mass is 349 g/mol. The average Bonchev–Trinajstić information content (AvgIpc) is 3.26. The van der Waals surface area contributed by atoms with Crippen LogP contribution >= 0.6 is 11.3 Å². The van der Waals surface area contributed by atoms with Crippen molar-refractivity contribution in [3.63, 3.8) is 0 Å². The van der Waals surface area contributed by atoms with Crippen LogP contribution in [0.3, 0.4) is 0 Å². The molecule has 4 rings (SSSR count). The smallest absolute Gasteiger partial charge is 0.185 e. The molecule has 2 heterocycles. The maximum atomic E-state index is 12.9. The first-order valence-corrected chi connectivity index (χ1v) is 8.44. The maximum absolute atomic E-state index is 12.9. The number of carbonyl (C=O) groups is 1. The predicted octanol–water partition coefficient (Wildman–Crippen LogP) is 5.59. The molecule has 0 radical (unpaired) electrons. The molecule has 2 aromatic carbocycles. The second kappa shape index (κ2) is 6.45. The lowest BCUT2D eigenvalue weighted by atomic mass is 10.1. The molecule has 0 N–H and O–H groups in total. The molecule has 2 aromatic heterocycles. The third-order valence-corrected chi connectivity index (χ3v) is 4.71. The molecule has 0 aliphatic rings. The van der Waals surface area contributed by atoms with Crippen molar-refractivity contribution in [1.82, 2.24) is 4.98 Å². The molecule has 3 nitrogen and oxygen atoms in total. The van der Waals surface area contributed by atoms with Gasteiger partial charge in [0.05, 0.1) is 10.2 Å². The molecule has 122 valence electrons. The van der Waals surface area contributed by atoms with Gasteiger partial charge in [-0.05, 0) is 60.7 Å². The van der Waals surface area contributed by atoms with Crippen molar-refractivity contribution in [1.29, 1.82) is 0 Å². The van der Waals surface area contributed by atoms with Crippen LogP contribution in [0.2, 0.25) is 0 Å². The lowest BCUT2D eigenvalue weighted by Crippen LogP contribution is -1.93. The number of allylic oxidation sites excluding steroid dienone is 1. The van der Waals surface area contributed by atoms with E-state index in [2.05, 4.69) is 4.98 Å². The molecule has 0 fully saturated rings. The Bertz CT molecular complexity index is 1040. The van der Waals surface area contributed by atoms with Crippen LogP contribution in [0.25, 0.3) is 27.1 Å². The molecule has 0 bridgehead atoms. The summed E-state index contributed by atoms with van der Waals surface area (Å²) in [6.45, 7) is 0. The number of furan rings is 1. The Balaban J connectivity index is 1.54. The molecule has 5 heteroatoms. The van der Waals surface area contributed by atoms with Gasteiger partial charge < -0.3 is 4.42 Å². The van der Waals surface area contributed by atoms with Gasteiger partial charge in [0.2, 0.25) is 0 Å². The largest absolute Gasteiger partial charge is 0.454 e. The van der Waals surface area contributed by atoms with Crippen LogP contribution in [-0.2, 0) is 0 Å². The molecule has 0 saturated carbocycles. The second-order valence-corrected chi connectivity index (χ2v) is 6.42. The maximum Gasteiger partial charge on any atom is 0.185 e. The quantitative estimate of drug-likeness (QED) is 0.356. The molecule has 0 atom stereocenters. The number of ketones is 1. The molecule has 0 aliphatic heterocycles. The van der Waals surface area contributed by atoms with E-state index in [0.717, 1.165) is 15.2 Å². The fraction of sp³-hybridized carbons (Fsp3) is 0. The van der Waals surface area contributed by atoms with Gasteiger partial charge in [0.15, 0.2) is 16.6 Å². The summed E-state index contributed by atoms with van der Waals surface area (Å²) in [6.07, 6.45) is 3.01. The Morgan fingerprint density at radius 2 is 1.84 bits per heavy atom. The summed E-state index contributed by atoms with van der Waals surface area (Å²) in [5, 5.41) is 0.797. The van der Waals surface area contributed by atoms with Crippen molar-refractivity contribution in [3.05, 3.63) is 83.9 Å². The van der Waals surface area contributed by atoms with Gasteiger partial charge in [-0.15, -0.1) is 11.3 Å². The van der Waals surface area contributed by atoms with E-state index in [1.165, 1.54) is 30.3 Å². The van der Waals surface area contributed by atoms with Crippen LogP contribution in [0.4, 0.5) is 4.39 Å². The summed E-state index contributed by atoms with van der Waals surface area (Å²) in [4.78, 5) is 16.6. The zero-order valence-electron chi connectivity index (χ0n) is 13.0. The number of para-hydroxylation sites is 1. The minimum absolute atomic E-state index is 0.210. The molecule has 0 spiro atoms. The SMILES string of the molecule is O=C(/C=C/c1ccc(-c2nc3ccccc3s2)o1)c1ccc(F)cc1. The van der Waals surface area contributed by atoms with E-state index in [9.17, 15) is 9.18 Å². The van der Waals surface area contributed by atoms with E-state index >= 15 is 0 Å². The number of thiazole rings is 1. The minimum atomic E-state index is -0.368. The van der Waals surface area contributed by atoms with Crippen molar-refractivity contribution in [2.45, 2.75) is 0 Å². The van der Waals surface area contributed by atoms with E-state index < -0.39 is 0 Å². The Morgan fingerprint density at radius 3 is 2.64 bits per heavy atom. The Morgan fingerprint density at radius 1 is 1.04 bits per heavy atom. The summed E-state index contributed by atoms with van der Waals surface area (Å²) in [5.74, 6) is 0.643. The van der Waals surface area contributed by atoms with E-state index in [-0.39, 0.29) is 11.6 Å². The summed E-state index contributed by atoms with van der Waals surface area (Å²) >= 11 is 1.55. The highest BCUT2D eigenvalue weighted by Gasteiger charge is 2.10. The highest BCUT2D eigenvalue weighted by Crippen LogP contribution is 2.31. The standard InChI is InChI=1S/C20H12FNO2S/c21-14-7-5-13(6-8-14)17(23)11-9-15-10-12-18(24-15)20-22-16-3-1-2-4-19(16)25-20/h1-12H/b11-9+. The van der Waals surface area contributed by atoms with E-state index in [1.807, 2.05) is 30.3 Å². The third-order valence-electron chi connectivity index (χ3n) is 3.66. The Labute approximate surface area is 147 Å². The van der Waals surface area contributed by atoms with E-state index in [1.54, 1.807) is 23.5 Å². The summed E-state index contributed by atoms with van der Waals surface area (Å²) in [7, 11) is 0. The Kier molecular flexibility index (Phi) is 3.99. The summed E-state index contributed by atoms with van der Waals surface area (Å²) < 4.78 is 19.7. The number of hydrogen-bond acceptors (Lipinski definition) is 4. The number of fused-ring (bicyclic) bond motifs is 1. The lowest BCUT2D eigenvalue weighted by molar-refractivity contribution is 0.104. The van der Waals surface area contributed by atoms with E-state index in [4.69, 9.17) is 4.42 Å². The molecule has 25 heavy (non-hydrogen) atoms. The predicted molar refractivity (Wildman–Crippen MR) is 97.1 cm³/mol. The summed E-state index contributed by atoms with van der Waals surface area (Å²) in [6, 6.07) is 17.0. The van der Waals surface area contributed by atoms with Crippen LogP contribution in [0.1, 0.15) is 16.1 Å². The molecule has 0 amide bonds. The molecular formula is C20H12FNO2S. The average molecular weight is 349 g/mol. The fourth-order valence-electron chi connectivity index (χ4n) is 2.40. The van der Waals surface area contributed by atoms with Crippen LogP contribution in [0.15, 0.2) is 71.2 Å².